The number of carbonyl (C=O) groups excluding carboxylic acids is 1. The van der Waals surface area contributed by atoms with Crippen molar-refractivity contribution in [3.8, 4) is 0 Å². The molecule has 1 fully saturated rings. The third kappa shape index (κ3) is 4.03. The molecule has 1 heterocycles. The highest BCUT2D eigenvalue weighted by molar-refractivity contribution is 7.99. The first-order valence-electron chi connectivity index (χ1n) is 7.62. The Morgan fingerprint density at radius 3 is 2.41 bits per heavy atom. The standard InChI is InChI=1S/C17H23NO3S/c1-12-3-5-14(6-4-12)11-13(2)15(19)18-17(16(20)21)7-9-22-10-8-17/h3-6,13H,7-11H2,1-2H3,(H,18,19)(H,20,21). The molecular formula is C17H23NO3S. The molecule has 0 aromatic heterocycles. The second-order valence-corrected chi connectivity index (χ2v) is 7.30. The number of aryl methyl sites for hydroxylation is 1. The van der Waals surface area contributed by atoms with Gasteiger partial charge in [0.2, 0.25) is 5.91 Å². The van der Waals surface area contributed by atoms with Crippen molar-refractivity contribution in [2.45, 2.75) is 38.6 Å². The molecule has 0 radical (unpaired) electrons. The van der Waals surface area contributed by atoms with Gasteiger partial charge in [-0.1, -0.05) is 36.8 Å². The first-order chi connectivity index (χ1) is 10.4. The zero-order valence-corrected chi connectivity index (χ0v) is 13.9. The first-order valence-corrected chi connectivity index (χ1v) is 8.77. The molecule has 1 aliphatic rings. The van der Waals surface area contributed by atoms with E-state index in [1.54, 1.807) is 11.8 Å². The SMILES string of the molecule is Cc1ccc(CC(C)C(=O)NC2(C(=O)O)CCSCC2)cc1. The van der Waals surface area contributed by atoms with Crippen molar-refractivity contribution in [2.24, 2.45) is 5.92 Å². The summed E-state index contributed by atoms with van der Waals surface area (Å²) in [5, 5.41) is 12.3. The third-order valence-electron chi connectivity index (χ3n) is 4.23. The molecule has 0 aliphatic carbocycles. The Hall–Kier alpha value is -1.49. The molecule has 22 heavy (non-hydrogen) atoms. The maximum absolute atomic E-state index is 12.4. The summed E-state index contributed by atoms with van der Waals surface area (Å²) in [7, 11) is 0. The van der Waals surface area contributed by atoms with E-state index in [2.05, 4.69) is 5.32 Å². The van der Waals surface area contributed by atoms with E-state index in [1.807, 2.05) is 38.1 Å². The summed E-state index contributed by atoms with van der Waals surface area (Å²) >= 11 is 1.74. The van der Waals surface area contributed by atoms with Gasteiger partial charge in [0, 0.05) is 5.92 Å². The average molecular weight is 321 g/mol. The second kappa shape index (κ2) is 7.18. The van der Waals surface area contributed by atoms with Gasteiger partial charge in [0.15, 0.2) is 0 Å². The Kier molecular flexibility index (Phi) is 5.51. The Balaban J connectivity index is 2.00. The summed E-state index contributed by atoms with van der Waals surface area (Å²) < 4.78 is 0. The van der Waals surface area contributed by atoms with Crippen molar-refractivity contribution < 1.29 is 14.7 Å². The highest BCUT2D eigenvalue weighted by Crippen LogP contribution is 2.28. The molecule has 120 valence electrons. The second-order valence-electron chi connectivity index (χ2n) is 6.08. The minimum absolute atomic E-state index is 0.171. The minimum atomic E-state index is -1.08. The van der Waals surface area contributed by atoms with Crippen LogP contribution in [-0.2, 0) is 16.0 Å². The van der Waals surface area contributed by atoms with Crippen molar-refractivity contribution in [3.63, 3.8) is 0 Å². The van der Waals surface area contributed by atoms with Gasteiger partial charge in [-0.2, -0.15) is 11.8 Å². The Morgan fingerprint density at radius 2 is 1.86 bits per heavy atom. The lowest BCUT2D eigenvalue weighted by Gasteiger charge is -2.34. The maximum atomic E-state index is 12.4. The van der Waals surface area contributed by atoms with Gasteiger partial charge in [0.05, 0.1) is 0 Å². The molecule has 0 spiro atoms. The normalized spacial score (nSPS) is 18.5. The largest absolute Gasteiger partial charge is 0.480 e. The maximum Gasteiger partial charge on any atom is 0.329 e. The smallest absolute Gasteiger partial charge is 0.329 e. The van der Waals surface area contributed by atoms with Crippen LogP contribution in [0, 0.1) is 12.8 Å². The van der Waals surface area contributed by atoms with Crippen LogP contribution in [0.15, 0.2) is 24.3 Å². The van der Waals surface area contributed by atoms with Crippen LogP contribution in [0.5, 0.6) is 0 Å². The van der Waals surface area contributed by atoms with Gasteiger partial charge in [-0.05, 0) is 43.3 Å². The molecule has 4 nitrogen and oxygen atoms in total. The van der Waals surface area contributed by atoms with Crippen molar-refractivity contribution in [3.05, 3.63) is 35.4 Å². The topological polar surface area (TPSA) is 66.4 Å². The number of hydrogen-bond donors (Lipinski definition) is 2. The van der Waals surface area contributed by atoms with Crippen LogP contribution in [0.1, 0.15) is 30.9 Å². The lowest BCUT2D eigenvalue weighted by molar-refractivity contribution is -0.148. The van der Waals surface area contributed by atoms with E-state index in [9.17, 15) is 14.7 Å². The fraction of sp³-hybridized carbons (Fsp3) is 0.529. The summed E-state index contributed by atoms with van der Waals surface area (Å²) in [4.78, 5) is 24.0. The Labute approximate surface area is 135 Å². The molecule has 2 rings (SSSR count). The lowest BCUT2D eigenvalue weighted by atomic mass is 9.90. The predicted octanol–water partition coefficient (Wildman–Crippen LogP) is 2.64. The molecule has 0 saturated carbocycles. The fourth-order valence-corrected chi connectivity index (χ4v) is 3.83. The number of thioether (sulfide) groups is 1. The molecule has 1 unspecified atom stereocenters. The average Bonchev–Trinajstić information content (AvgIpc) is 2.50. The van der Waals surface area contributed by atoms with Crippen LogP contribution < -0.4 is 5.32 Å². The van der Waals surface area contributed by atoms with Crippen LogP contribution in [-0.4, -0.2) is 34.0 Å². The Bertz CT molecular complexity index is 535. The van der Waals surface area contributed by atoms with Crippen molar-refractivity contribution in [1.82, 2.24) is 5.32 Å². The summed E-state index contributed by atoms with van der Waals surface area (Å²) in [5.74, 6) is 0.227. The molecule has 0 bridgehead atoms. The number of benzene rings is 1. The monoisotopic (exact) mass is 321 g/mol. The molecule has 1 atom stereocenters. The van der Waals surface area contributed by atoms with Gasteiger partial charge in [-0.25, -0.2) is 4.79 Å². The Morgan fingerprint density at radius 1 is 1.27 bits per heavy atom. The van der Waals surface area contributed by atoms with E-state index in [-0.39, 0.29) is 11.8 Å². The molecule has 1 amide bonds. The van der Waals surface area contributed by atoms with Crippen LogP contribution in [0.3, 0.4) is 0 Å². The van der Waals surface area contributed by atoms with E-state index in [0.29, 0.717) is 19.3 Å². The number of nitrogens with one attached hydrogen (secondary N) is 1. The van der Waals surface area contributed by atoms with E-state index in [4.69, 9.17) is 0 Å². The van der Waals surface area contributed by atoms with Gasteiger partial charge in [-0.3, -0.25) is 4.79 Å². The third-order valence-corrected chi connectivity index (χ3v) is 5.21. The number of hydrogen-bond acceptors (Lipinski definition) is 3. The van der Waals surface area contributed by atoms with E-state index in [0.717, 1.165) is 17.1 Å². The number of carbonyl (C=O) groups is 2. The van der Waals surface area contributed by atoms with Gasteiger partial charge in [-0.15, -0.1) is 0 Å². The van der Waals surface area contributed by atoms with Crippen LogP contribution in [0.25, 0.3) is 0 Å². The van der Waals surface area contributed by atoms with Gasteiger partial charge < -0.3 is 10.4 Å². The molecule has 1 aromatic rings. The van der Waals surface area contributed by atoms with Gasteiger partial charge in [0.1, 0.15) is 5.54 Å². The zero-order chi connectivity index (χ0) is 16.2. The first kappa shape index (κ1) is 16.9. The molecule has 5 heteroatoms. The molecule has 1 aromatic carbocycles. The number of amides is 1. The summed E-state index contributed by atoms with van der Waals surface area (Å²) in [6.07, 6.45) is 1.61. The number of carboxylic acid groups (broad SMARTS) is 1. The van der Waals surface area contributed by atoms with E-state index < -0.39 is 11.5 Å². The van der Waals surface area contributed by atoms with E-state index in [1.165, 1.54) is 5.56 Å². The zero-order valence-electron chi connectivity index (χ0n) is 13.1. The number of carboxylic acids is 1. The highest BCUT2D eigenvalue weighted by Gasteiger charge is 2.41. The van der Waals surface area contributed by atoms with Crippen molar-refractivity contribution >= 4 is 23.6 Å². The number of rotatable bonds is 5. The summed E-state index contributed by atoms with van der Waals surface area (Å²) in [6, 6.07) is 8.08. The summed E-state index contributed by atoms with van der Waals surface area (Å²) in [6.45, 7) is 3.87. The van der Waals surface area contributed by atoms with Crippen molar-refractivity contribution in [1.29, 1.82) is 0 Å². The quantitative estimate of drug-likeness (QED) is 0.875. The van der Waals surface area contributed by atoms with Gasteiger partial charge in [0.25, 0.3) is 0 Å². The van der Waals surface area contributed by atoms with Crippen molar-refractivity contribution in [2.75, 3.05) is 11.5 Å². The molecule has 1 aliphatic heterocycles. The van der Waals surface area contributed by atoms with E-state index >= 15 is 0 Å². The van der Waals surface area contributed by atoms with Crippen LogP contribution >= 0.6 is 11.8 Å². The fourth-order valence-electron chi connectivity index (χ4n) is 2.64. The summed E-state index contributed by atoms with van der Waals surface area (Å²) in [5.41, 5.74) is 1.20. The molecule has 1 saturated heterocycles. The van der Waals surface area contributed by atoms with Crippen LogP contribution in [0.4, 0.5) is 0 Å². The minimum Gasteiger partial charge on any atom is -0.480 e. The molecular weight excluding hydrogens is 298 g/mol. The number of aliphatic carboxylic acids is 1. The molecule has 2 N–H and O–H groups in total. The van der Waals surface area contributed by atoms with Gasteiger partial charge >= 0.3 is 5.97 Å². The highest BCUT2D eigenvalue weighted by atomic mass is 32.2. The van der Waals surface area contributed by atoms with Crippen LogP contribution in [0.2, 0.25) is 0 Å². The predicted molar refractivity (Wildman–Crippen MR) is 89.1 cm³/mol. The lowest BCUT2D eigenvalue weighted by Crippen LogP contribution is -2.57.